The predicted octanol–water partition coefficient (Wildman–Crippen LogP) is 5.20. The summed E-state index contributed by atoms with van der Waals surface area (Å²) < 4.78 is 25.4. The third-order valence-electron chi connectivity index (χ3n) is 4.25. The molecule has 1 atom stereocenters. The van der Waals surface area contributed by atoms with Gasteiger partial charge in [0.25, 0.3) is 0 Å². The number of fused-ring (bicyclic) bond motifs is 1. The summed E-state index contributed by atoms with van der Waals surface area (Å²) in [5, 5.41) is 1.02. The molecule has 0 bridgehead atoms. The molecule has 0 N–H and O–H groups in total. The van der Waals surface area contributed by atoms with Crippen LogP contribution in [0.15, 0.2) is 59.2 Å². The number of hydrogen-bond donors (Lipinski definition) is 0. The molecule has 24 heavy (non-hydrogen) atoms. The van der Waals surface area contributed by atoms with Crippen LogP contribution >= 0.6 is 0 Å². The number of furan rings is 1. The number of halogens is 1. The highest BCUT2D eigenvalue weighted by atomic mass is 19.1. The molecule has 0 fully saturated rings. The van der Waals surface area contributed by atoms with Crippen LogP contribution in [0.25, 0.3) is 11.0 Å². The van der Waals surface area contributed by atoms with E-state index >= 15 is 0 Å². The Bertz CT molecular complexity index is 785. The van der Waals surface area contributed by atoms with Gasteiger partial charge in [-0.2, -0.15) is 0 Å². The fraction of sp³-hybridized carbons (Fsp3) is 0.300. The van der Waals surface area contributed by atoms with Crippen LogP contribution in [0.2, 0.25) is 0 Å². The van der Waals surface area contributed by atoms with Gasteiger partial charge in [0.05, 0.1) is 13.4 Å². The minimum absolute atomic E-state index is 0.453. The van der Waals surface area contributed by atoms with Gasteiger partial charge in [-0.05, 0) is 31.0 Å². The van der Waals surface area contributed by atoms with Crippen LogP contribution in [0.1, 0.15) is 18.9 Å². The number of methoxy groups -OCH3 is 1. The van der Waals surface area contributed by atoms with E-state index in [1.807, 2.05) is 55.5 Å². The number of benzene rings is 2. The molecule has 3 nitrogen and oxygen atoms in total. The lowest BCUT2D eigenvalue weighted by atomic mass is 10.1. The van der Waals surface area contributed by atoms with Crippen LogP contribution in [-0.4, -0.2) is 20.0 Å². The van der Waals surface area contributed by atoms with Crippen molar-refractivity contribution in [1.29, 1.82) is 0 Å². The lowest BCUT2D eigenvalue weighted by molar-refractivity contribution is 0.310. The van der Waals surface area contributed by atoms with E-state index in [1.54, 1.807) is 18.3 Å². The van der Waals surface area contributed by atoms with Gasteiger partial charge >= 0.3 is 0 Å². The molecule has 0 amide bonds. The van der Waals surface area contributed by atoms with Crippen molar-refractivity contribution in [2.24, 2.45) is 0 Å². The average molecular weight is 327 g/mol. The van der Waals surface area contributed by atoms with Crippen LogP contribution in [0, 0.1) is 0 Å². The van der Waals surface area contributed by atoms with Crippen molar-refractivity contribution in [2.45, 2.75) is 26.1 Å². The molecule has 0 radical (unpaired) electrons. The molecule has 1 heterocycles. The van der Waals surface area contributed by atoms with Crippen molar-refractivity contribution in [1.82, 2.24) is 0 Å². The molecule has 3 rings (SSSR count). The summed E-state index contributed by atoms with van der Waals surface area (Å²) in [6, 6.07) is 15.5. The van der Waals surface area contributed by atoms with Gasteiger partial charge in [-0.15, -0.1) is 0 Å². The van der Waals surface area contributed by atoms with Gasteiger partial charge < -0.3 is 14.1 Å². The molecule has 0 saturated carbocycles. The van der Waals surface area contributed by atoms with Gasteiger partial charge in [-0.1, -0.05) is 37.3 Å². The third-order valence-corrected chi connectivity index (χ3v) is 4.25. The Morgan fingerprint density at radius 1 is 1.12 bits per heavy atom. The van der Waals surface area contributed by atoms with Crippen molar-refractivity contribution >= 4 is 16.7 Å². The molecule has 0 aliphatic rings. The standard InChI is InChI=1S/C20H22FNO2/c1-3-19(21)22(16-8-5-4-6-9-16)13-12-15-14-24-20-17(15)10-7-11-18(20)23-2/h4-11,14,19H,3,12-13H2,1-2H3. The second-order valence-electron chi connectivity index (χ2n) is 5.72. The van der Waals surface area contributed by atoms with Crippen molar-refractivity contribution in [2.75, 3.05) is 18.6 Å². The zero-order valence-corrected chi connectivity index (χ0v) is 14.0. The lowest BCUT2D eigenvalue weighted by Crippen LogP contribution is -2.33. The zero-order chi connectivity index (χ0) is 16.9. The monoisotopic (exact) mass is 327 g/mol. The molecule has 1 aromatic heterocycles. The molecule has 0 aliphatic heterocycles. The Morgan fingerprint density at radius 2 is 1.92 bits per heavy atom. The molecule has 4 heteroatoms. The normalized spacial score (nSPS) is 12.3. The Hall–Kier alpha value is -2.49. The summed E-state index contributed by atoms with van der Waals surface area (Å²) in [6.45, 7) is 2.45. The maximum atomic E-state index is 14.4. The summed E-state index contributed by atoms with van der Waals surface area (Å²) in [4.78, 5) is 1.80. The van der Waals surface area contributed by atoms with Gasteiger partial charge in [0.2, 0.25) is 0 Å². The maximum Gasteiger partial charge on any atom is 0.175 e. The quantitative estimate of drug-likeness (QED) is 0.558. The SMILES string of the molecule is CCC(F)N(CCc1coc2c(OC)cccc12)c1ccccc1. The summed E-state index contributed by atoms with van der Waals surface area (Å²) in [6.07, 6.45) is 1.90. The minimum atomic E-state index is -1.000. The first-order chi connectivity index (χ1) is 11.7. The first-order valence-corrected chi connectivity index (χ1v) is 8.23. The number of hydrogen-bond acceptors (Lipinski definition) is 3. The Morgan fingerprint density at radius 3 is 2.62 bits per heavy atom. The third kappa shape index (κ3) is 3.23. The van der Waals surface area contributed by atoms with Crippen LogP contribution in [0.5, 0.6) is 5.75 Å². The number of rotatable bonds is 7. The van der Waals surface area contributed by atoms with Crippen molar-refractivity contribution < 1.29 is 13.5 Å². The highest BCUT2D eigenvalue weighted by Crippen LogP contribution is 2.30. The van der Waals surface area contributed by atoms with Gasteiger partial charge in [-0.25, -0.2) is 4.39 Å². The van der Waals surface area contributed by atoms with E-state index in [0.717, 1.165) is 28.0 Å². The molecular formula is C20H22FNO2. The molecule has 2 aromatic carbocycles. The average Bonchev–Trinajstić information content (AvgIpc) is 3.05. The largest absolute Gasteiger partial charge is 0.493 e. The Kier molecular flexibility index (Phi) is 5.04. The lowest BCUT2D eigenvalue weighted by Gasteiger charge is -2.27. The van der Waals surface area contributed by atoms with Crippen LogP contribution in [0.3, 0.4) is 0 Å². The second-order valence-corrected chi connectivity index (χ2v) is 5.72. The van der Waals surface area contributed by atoms with E-state index in [9.17, 15) is 4.39 Å². The summed E-state index contributed by atoms with van der Waals surface area (Å²) >= 11 is 0. The molecular weight excluding hydrogens is 305 g/mol. The van der Waals surface area contributed by atoms with E-state index in [1.165, 1.54) is 0 Å². The number of ether oxygens (including phenoxy) is 1. The van der Waals surface area contributed by atoms with E-state index < -0.39 is 6.30 Å². The van der Waals surface area contributed by atoms with Crippen molar-refractivity contribution in [3.63, 3.8) is 0 Å². The Balaban J connectivity index is 1.83. The number of nitrogens with zero attached hydrogens (tertiary/aromatic N) is 1. The van der Waals surface area contributed by atoms with Gasteiger partial charge in [0.1, 0.15) is 0 Å². The van der Waals surface area contributed by atoms with E-state index in [4.69, 9.17) is 9.15 Å². The minimum Gasteiger partial charge on any atom is -0.493 e. The molecule has 0 saturated heterocycles. The predicted molar refractivity (Wildman–Crippen MR) is 95.4 cm³/mol. The number of anilines is 1. The topological polar surface area (TPSA) is 25.6 Å². The maximum absolute atomic E-state index is 14.4. The number of para-hydroxylation sites is 2. The first kappa shape index (κ1) is 16.4. The fourth-order valence-electron chi connectivity index (χ4n) is 2.95. The Labute approximate surface area is 141 Å². The highest BCUT2D eigenvalue weighted by Gasteiger charge is 2.17. The first-order valence-electron chi connectivity index (χ1n) is 8.23. The van der Waals surface area contributed by atoms with Crippen LogP contribution < -0.4 is 9.64 Å². The molecule has 1 unspecified atom stereocenters. The molecule has 126 valence electrons. The van der Waals surface area contributed by atoms with Gasteiger partial charge in [0, 0.05) is 23.2 Å². The zero-order valence-electron chi connectivity index (χ0n) is 14.0. The van der Waals surface area contributed by atoms with E-state index in [2.05, 4.69) is 0 Å². The molecule has 0 spiro atoms. The van der Waals surface area contributed by atoms with Crippen molar-refractivity contribution in [3.8, 4) is 5.75 Å². The van der Waals surface area contributed by atoms with Crippen molar-refractivity contribution in [3.05, 3.63) is 60.4 Å². The highest BCUT2D eigenvalue weighted by molar-refractivity contribution is 5.86. The van der Waals surface area contributed by atoms with Crippen LogP contribution in [-0.2, 0) is 6.42 Å². The number of alkyl halides is 1. The van der Waals surface area contributed by atoms with Gasteiger partial charge in [-0.3, -0.25) is 0 Å². The molecule has 3 aromatic rings. The molecule has 0 aliphatic carbocycles. The van der Waals surface area contributed by atoms with Crippen LogP contribution in [0.4, 0.5) is 10.1 Å². The summed E-state index contributed by atoms with van der Waals surface area (Å²) in [5.41, 5.74) is 2.71. The summed E-state index contributed by atoms with van der Waals surface area (Å²) in [5.74, 6) is 0.718. The summed E-state index contributed by atoms with van der Waals surface area (Å²) in [7, 11) is 1.63. The van der Waals surface area contributed by atoms with E-state index in [-0.39, 0.29) is 0 Å². The van der Waals surface area contributed by atoms with E-state index in [0.29, 0.717) is 19.4 Å². The second kappa shape index (κ2) is 7.39. The fourth-order valence-corrected chi connectivity index (χ4v) is 2.95. The van der Waals surface area contributed by atoms with Gasteiger partial charge in [0.15, 0.2) is 17.6 Å². The smallest absolute Gasteiger partial charge is 0.175 e.